The highest BCUT2D eigenvalue weighted by atomic mass is 19.1. The summed E-state index contributed by atoms with van der Waals surface area (Å²) in [5.74, 6) is -0.314. The summed E-state index contributed by atoms with van der Waals surface area (Å²) in [5, 5.41) is 10.4. The van der Waals surface area contributed by atoms with E-state index in [1.165, 1.54) is 30.4 Å². The lowest BCUT2D eigenvalue weighted by molar-refractivity contribution is 0.157. The number of halogens is 1. The second-order valence-corrected chi connectivity index (χ2v) is 5.73. The maximum atomic E-state index is 13.8. The Morgan fingerprint density at radius 2 is 1.96 bits per heavy atom. The van der Waals surface area contributed by atoms with Crippen molar-refractivity contribution in [2.45, 2.75) is 26.5 Å². The number of aliphatic hydroxyl groups is 1. The number of hydrogen-bond donors (Lipinski definition) is 1. The van der Waals surface area contributed by atoms with Crippen molar-refractivity contribution in [1.82, 2.24) is 9.55 Å². The Bertz CT molecular complexity index is 858. The van der Waals surface area contributed by atoms with Gasteiger partial charge in [0, 0.05) is 0 Å². The Kier molecular flexibility index (Phi) is 4.05. The standard InChI is InChI=1S/C18H19FN2O2/c1-11-6-15-16(7-12(11)2)21(10-20-15)9-17(22)13-4-5-18(23-3)14(19)8-13/h4-8,10,17,22H,9H2,1-3H3. The molecule has 1 atom stereocenters. The van der Waals surface area contributed by atoms with Crippen LogP contribution in [0.4, 0.5) is 4.39 Å². The summed E-state index contributed by atoms with van der Waals surface area (Å²) in [4.78, 5) is 4.37. The molecule has 0 spiro atoms. The van der Waals surface area contributed by atoms with Crippen LogP contribution in [0.1, 0.15) is 22.8 Å². The first kappa shape index (κ1) is 15.5. The number of benzene rings is 2. The number of nitrogens with zero attached hydrogens (tertiary/aromatic N) is 2. The zero-order chi connectivity index (χ0) is 16.6. The largest absolute Gasteiger partial charge is 0.494 e. The molecule has 1 unspecified atom stereocenters. The number of ether oxygens (including phenoxy) is 1. The number of rotatable bonds is 4. The second kappa shape index (κ2) is 6.01. The summed E-state index contributed by atoms with van der Waals surface area (Å²) in [6.45, 7) is 4.40. The molecular formula is C18H19FN2O2. The molecule has 0 amide bonds. The van der Waals surface area contributed by atoms with Crippen LogP contribution in [0.25, 0.3) is 11.0 Å². The van der Waals surface area contributed by atoms with E-state index in [1.54, 1.807) is 12.4 Å². The molecule has 0 saturated heterocycles. The number of fused-ring (bicyclic) bond motifs is 1. The van der Waals surface area contributed by atoms with Gasteiger partial charge in [-0.05, 0) is 54.8 Å². The average molecular weight is 314 g/mol. The first-order valence-electron chi connectivity index (χ1n) is 7.43. The Hall–Kier alpha value is -2.40. The fourth-order valence-electron chi connectivity index (χ4n) is 2.64. The highest BCUT2D eigenvalue weighted by Crippen LogP contribution is 2.25. The Labute approximate surface area is 134 Å². The van der Waals surface area contributed by atoms with Crippen LogP contribution in [-0.4, -0.2) is 21.8 Å². The van der Waals surface area contributed by atoms with Crippen LogP contribution >= 0.6 is 0 Å². The molecule has 120 valence electrons. The van der Waals surface area contributed by atoms with Crippen molar-refractivity contribution >= 4 is 11.0 Å². The van der Waals surface area contributed by atoms with Gasteiger partial charge in [0.2, 0.25) is 0 Å². The third-order valence-corrected chi connectivity index (χ3v) is 4.17. The topological polar surface area (TPSA) is 47.3 Å². The molecule has 1 heterocycles. The van der Waals surface area contributed by atoms with E-state index in [9.17, 15) is 9.50 Å². The molecule has 0 aliphatic rings. The monoisotopic (exact) mass is 314 g/mol. The van der Waals surface area contributed by atoms with Gasteiger partial charge >= 0.3 is 0 Å². The molecule has 0 aliphatic carbocycles. The number of aliphatic hydroxyl groups excluding tert-OH is 1. The number of methoxy groups -OCH3 is 1. The van der Waals surface area contributed by atoms with Crippen LogP contribution in [-0.2, 0) is 6.54 Å². The van der Waals surface area contributed by atoms with Crippen LogP contribution < -0.4 is 4.74 Å². The molecule has 0 saturated carbocycles. The number of aryl methyl sites for hydroxylation is 2. The van der Waals surface area contributed by atoms with Gasteiger partial charge in [-0.1, -0.05) is 6.07 Å². The van der Waals surface area contributed by atoms with Gasteiger partial charge in [0.25, 0.3) is 0 Å². The van der Waals surface area contributed by atoms with Gasteiger partial charge in [0.05, 0.1) is 37.1 Å². The van der Waals surface area contributed by atoms with E-state index in [-0.39, 0.29) is 5.75 Å². The van der Waals surface area contributed by atoms with Crippen molar-refractivity contribution in [3.8, 4) is 5.75 Å². The lowest BCUT2D eigenvalue weighted by atomic mass is 10.1. The zero-order valence-electron chi connectivity index (χ0n) is 13.4. The van der Waals surface area contributed by atoms with Gasteiger partial charge in [0.15, 0.2) is 11.6 Å². The fourth-order valence-corrected chi connectivity index (χ4v) is 2.64. The molecule has 3 aromatic rings. The summed E-state index contributed by atoms with van der Waals surface area (Å²) in [5.41, 5.74) is 4.71. The minimum absolute atomic E-state index is 0.167. The molecule has 5 heteroatoms. The smallest absolute Gasteiger partial charge is 0.165 e. The van der Waals surface area contributed by atoms with E-state index >= 15 is 0 Å². The highest BCUT2D eigenvalue weighted by Gasteiger charge is 2.14. The minimum Gasteiger partial charge on any atom is -0.494 e. The molecule has 0 aliphatic heterocycles. The van der Waals surface area contributed by atoms with Crippen molar-refractivity contribution in [2.24, 2.45) is 0 Å². The normalized spacial score (nSPS) is 12.6. The van der Waals surface area contributed by atoms with Crippen molar-refractivity contribution in [1.29, 1.82) is 0 Å². The zero-order valence-corrected chi connectivity index (χ0v) is 13.4. The molecule has 1 aromatic heterocycles. The SMILES string of the molecule is COc1ccc(C(O)Cn2cnc3cc(C)c(C)cc32)cc1F. The molecule has 23 heavy (non-hydrogen) atoms. The van der Waals surface area contributed by atoms with Gasteiger partial charge in [-0.3, -0.25) is 0 Å². The fraction of sp³-hybridized carbons (Fsp3) is 0.278. The average Bonchev–Trinajstić information content (AvgIpc) is 2.89. The molecule has 0 fully saturated rings. The van der Waals surface area contributed by atoms with Crippen LogP contribution in [0.2, 0.25) is 0 Å². The van der Waals surface area contributed by atoms with E-state index in [4.69, 9.17) is 4.74 Å². The number of imidazole rings is 1. The Morgan fingerprint density at radius 3 is 2.65 bits per heavy atom. The van der Waals surface area contributed by atoms with Crippen LogP contribution in [0, 0.1) is 19.7 Å². The third kappa shape index (κ3) is 2.92. The van der Waals surface area contributed by atoms with Crippen LogP contribution in [0.15, 0.2) is 36.7 Å². The predicted octanol–water partition coefficient (Wildman–Crippen LogP) is 3.53. The Balaban J connectivity index is 1.89. The molecule has 1 N–H and O–H groups in total. The van der Waals surface area contributed by atoms with Crippen LogP contribution in [0.5, 0.6) is 5.75 Å². The quantitative estimate of drug-likeness (QED) is 0.801. The molecule has 0 radical (unpaired) electrons. The first-order chi connectivity index (χ1) is 11.0. The predicted molar refractivity (Wildman–Crippen MR) is 87.1 cm³/mol. The number of aromatic nitrogens is 2. The lowest BCUT2D eigenvalue weighted by Crippen LogP contribution is -2.08. The minimum atomic E-state index is -0.825. The van der Waals surface area contributed by atoms with Crippen molar-refractivity contribution < 1.29 is 14.2 Å². The summed E-state index contributed by atoms with van der Waals surface area (Å²) in [7, 11) is 1.41. The summed E-state index contributed by atoms with van der Waals surface area (Å²) >= 11 is 0. The number of hydrogen-bond acceptors (Lipinski definition) is 3. The summed E-state index contributed by atoms with van der Waals surface area (Å²) < 4.78 is 20.6. The second-order valence-electron chi connectivity index (χ2n) is 5.73. The van der Waals surface area contributed by atoms with Gasteiger partial charge in [-0.15, -0.1) is 0 Å². The third-order valence-electron chi connectivity index (χ3n) is 4.17. The maximum absolute atomic E-state index is 13.8. The Morgan fingerprint density at radius 1 is 1.22 bits per heavy atom. The van der Waals surface area contributed by atoms with E-state index < -0.39 is 11.9 Å². The van der Waals surface area contributed by atoms with E-state index in [2.05, 4.69) is 11.1 Å². The van der Waals surface area contributed by atoms with Gasteiger partial charge in [-0.2, -0.15) is 0 Å². The van der Waals surface area contributed by atoms with Crippen molar-refractivity contribution in [2.75, 3.05) is 7.11 Å². The molecule has 2 aromatic carbocycles. The molecule has 4 nitrogen and oxygen atoms in total. The van der Waals surface area contributed by atoms with Crippen molar-refractivity contribution in [3.05, 3.63) is 59.2 Å². The molecular weight excluding hydrogens is 295 g/mol. The highest BCUT2D eigenvalue weighted by molar-refractivity contribution is 5.77. The maximum Gasteiger partial charge on any atom is 0.165 e. The van der Waals surface area contributed by atoms with Gasteiger partial charge < -0.3 is 14.4 Å². The van der Waals surface area contributed by atoms with E-state index in [0.717, 1.165) is 11.0 Å². The van der Waals surface area contributed by atoms with E-state index in [0.29, 0.717) is 12.1 Å². The van der Waals surface area contributed by atoms with Gasteiger partial charge in [0.1, 0.15) is 0 Å². The van der Waals surface area contributed by atoms with Gasteiger partial charge in [-0.25, -0.2) is 9.37 Å². The summed E-state index contributed by atoms with van der Waals surface area (Å²) in [6.07, 6.45) is 0.876. The molecule has 0 bridgehead atoms. The summed E-state index contributed by atoms with van der Waals surface area (Å²) in [6, 6.07) is 8.58. The van der Waals surface area contributed by atoms with Crippen LogP contribution in [0.3, 0.4) is 0 Å². The first-order valence-corrected chi connectivity index (χ1v) is 7.43. The van der Waals surface area contributed by atoms with E-state index in [1.807, 2.05) is 24.5 Å². The van der Waals surface area contributed by atoms with Crippen molar-refractivity contribution in [3.63, 3.8) is 0 Å². The molecule has 3 rings (SSSR count). The lowest BCUT2D eigenvalue weighted by Gasteiger charge is -2.14.